The number of anilines is 1. The standard InChI is InChI=1S/C21H18N4O3S2/c22-14-16-6-2-1-5-15(16)7-10-20(26)24-21-23-18-9-8-17(13-19(18)29-21)30(27,28)25-11-3-4-12-25/h1-2,5-10,13H,3-4,11-12H2,(H,23,24,26)/b10-7+. The summed E-state index contributed by atoms with van der Waals surface area (Å²) in [5, 5.41) is 12.2. The molecule has 1 aromatic heterocycles. The van der Waals surface area contributed by atoms with Crippen LogP contribution in [0.5, 0.6) is 0 Å². The van der Waals surface area contributed by atoms with Crippen LogP contribution in [0.15, 0.2) is 53.4 Å². The van der Waals surface area contributed by atoms with Crippen LogP contribution in [0.1, 0.15) is 24.0 Å². The molecule has 1 fully saturated rings. The van der Waals surface area contributed by atoms with E-state index < -0.39 is 10.0 Å². The fraction of sp³-hybridized carbons (Fsp3) is 0.190. The highest BCUT2D eigenvalue weighted by Gasteiger charge is 2.27. The fourth-order valence-corrected chi connectivity index (χ4v) is 5.78. The molecule has 0 bridgehead atoms. The molecule has 0 unspecified atom stereocenters. The van der Waals surface area contributed by atoms with Crippen LogP contribution in [-0.2, 0) is 14.8 Å². The first-order valence-electron chi connectivity index (χ1n) is 9.36. The number of thiazole rings is 1. The average molecular weight is 439 g/mol. The number of aromatic nitrogens is 1. The van der Waals surface area contributed by atoms with Gasteiger partial charge in [-0.1, -0.05) is 29.5 Å². The lowest BCUT2D eigenvalue weighted by molar-refractivity contribution is -0.111. The molecule has 152 valence electrons. The molecule has 1 N–H and O–H groups in total. The molecule has 30 heavy (non-hydrogen) atoms. The molecule has 9 heteroatoms. The van der Waals surface area contributed by atoms with Gasteiger partial charge in [0.15, 0.2) is 5.13 Å². The van der Waals surface area contributed by atoms with Gasteiger partial charge in [0.1, 0.15) is 0 Å². The van der Waals surface area contributed by atoms with E-state index in [2.05, 4.69) is 16.4 Å². The highest BCUT2D eigenvalue weighted by atomic mass is 32.2. The van der Waals surface area contributed by atoms with Crippen molar-refractivity contribution in [1.29, 1.82) is 5.26 Å². The molecule has 0 radical (unpaired) electrons. The van der Waals surface area contributed by atoms with E-state index in [1.807, 2.05) is 0 Å². The Labute approximate surface area is 178 Å². The van der Waals surface area contributed by atoms with E-state index in [-0.39, 0.29) is 10.8 Å². The summed E-state index contributed by atoms with van der Waals surface area (Å²) in [6.07, 6.45) is 4.67. The molecule has 0 aliphatic carbocycles. The Morgan fingerprint density at radius 1 is 1.20 bits per heavy atom. The minimum atomic E-state index is -3.50. The Morgan fingerprint density at radius 3 is 2.73 bits per heavy atom. The lowest BCUT2D eigenvalue weighted by Gasteiger charge is -2.15. The predicted octanol–water partition coefficient (Wildman–Crippen LogP) is 3.60. The molecule has 1 saturated heterocycles. The number of fused-ring (bicyclic) bond motifs is 1. The lowest BCUT2D eigenvalue weighted by atomic mass is 10.1. The second-order valence-corrected chi connectivity index (χ2v) is 9.75. The molecule has 1 aliphatic heterocycles. The lowest BCUT2D eigenvalue weighted by Crippen LogP contribution is -2.27. The molecule has 0 saturated carbocycles. The number of nitrogens with one attached hydrogen (secondary N) is 1. The van der Waals surface area contributed by atoms with E-state index >= 15 is 0 Å². The van der Waals surface area contributed by atoms with Gasteiger partial charge in [0.05, 0.1) is 26.7 Å². The Balaban J connectivity index is 1.52. The third kappa shape index (κ3) is 4.11. The van der Waals surface area contributed by atoms with Crippen molar-refractivity contribution in [2.75, 3.05) is 18.4 Å². The number of carbonyl (C=O) groups excluding carboxylic acids is 1. The number of nitrogens with zero attached hydrogens (tertiary/aromatic N) is 3. The number of carbonyl (C=O) groups is 1. The quantitative estimate of drug-likeness (QED) is 0.613. The van der Waals surface area contributed by atoms with Gasteiger partial charge in [-0.15, -0.1) is 0 Å². The van der Waals surface area contributed by atoms with Crippen molar-refractivity contribution < 1.29 is 13.2 Å². The van der Waals surface area contributed by atoms with Gasteiger partial charge in [-0.3, -0.25) is 10.1 Å². The summed E-state index contributed by atoms with van der Waals surface area (Å²) in [4.78, 5) is 16.8. The van der Waals surface area contributed by atoms with Crippen LogP contribution in [0, 0.1) is 11.3 Å². The molecule has 7 nitrogen and oxygen atoms in total. The number of hydrogen-bond donors (Lipinski definition) is 1. The number of benzene rings is 2. The first-order valence-corrected chi connectivity index (χ1v) is 11.6. The maximum absolute atomic E-state index is 12.7. The van der Waals surface area contributed by atoms with Crippen molar-refractivity contribution in [1.82, 2.24) is 9.29 Å². The fourth-order valence-electron chi connectivity index (χ4n) is 3.25. The van der Waals surface area contributed by atoms with Crippen LogP contribution in [-0.4, -0.2) is 36.7 Å². The van der Waals surface area contributed by atoms with Gasteiger partial charge in [0, 0.05) is 19.2 Å². The van der Waals surface area contributed by atoms with E-state index in [9.17, 15) is 13.2 Å². The summed E-state index contributed by atoms with van der Waals surface area (Å²) in [5.41, 5.74) is 1.75. The van der Waals surface area contributed by atoms with Gasteiger partial charge in [-0.05, 0) is 48.7 Å². The van der Waals surface area contributed by atoms with Crippen LogP contribution in [0.3, 0.4) is 0 Å². The number of hydrogen-bond acceptors (Lipinski definition) is 6. The summed E-state index contributed by atoms with van der Waals surface area (Å²) in [6, 6.07) is 13.9. The molecule has 0 spiro atoms. The minimum Gasteiger partial charge on any atom is -0.298 e. The normalized spacial score (nSPS) is 14.9. The first-order chi connectivity index (χ1) is 14.5. The van der Waals surface area contributed by atoms with Crippen molar-refractivity contribution in [2.45, 2.75) is 17.7 Å². The van der Waals surface area contributed by atoms with Gasteiger partial charge in [-0.2, -0.15) is 9.57 Å². The smallest absolute Gasteiger partial charge is 0.250 e. The van der Waals surface area contributed by atoms with E-state index in [0.717, 1.165) is 12.8 Å². The van der Waals surface area contributed by atoms with E-state index in [4.69, 9.17) is 5.26 Å². The van der Waals surface area contributed by atoms with Gasteiger partial charge < -0.3 is 0 Å². The average Bonchev–Trinajstić information content (AvgIpc) is 3.41. The number of nitriles is 1. The van der Waals surface area contributed by atoms with Crippen molar-refractivity contribution in [2.24, 2.45) is 0 Å². The third-order valence-corrected chi connectivity index (χ3v) is 7.62. The number of sulfonamides is 1. The summed E-state index contributed by atoms with van der Waals surface area (Å²) >= 11 is 1.22. The molecular formula is C21H18N4O3S2. The van der Waals surface area contributed by atoms with Crippen molar-refractivity contribution in [3.63, 3.8) is 0 Å². The van der Waals surface area contributed by atoms with Crippen molar-refractivity contribution >= 4 is 48.7 Å². The molecule has 0 atom stereocenters. The predicted molar refractivity (Wildman–Crippen MR) is 116 cm³/mol. The molecule has 1 aliphatic rings. The van der Waals surface area contributed by atoms with E-state index in [1.165, 1.54) is 21.7 Å². The Bertz CT molecular complexity index is 1280. The topological polar surface area (TPSA) is 103 Å². The Hall–Kier alpha value is -3.06. The molecule has 1 amide bonds. The largest absolute Gasteiger partial charge is 0.298 e. The van der Waals surface area contributed by atoms with Crippen LogP contribution in [0.4, 0.5) is 5.13 Å². The van der Waals surface area contributed by atoms with Gasteiger partial charge in [0.25, 0.3) is 0 Å². The van der Waals surface area contributed by atoms with Crippen LogP contribution < -0.4 is 5.32 Å². The van der Waals surface area contributed by atoms with Crippen LogP contribution in [0.2, 0.25) is 0 Å². The van der Waals surface area contributed by atoms with Gasteiger partial charge >= 0.3 is 0 Å². The monoisotopic (exact) mass is 438 g/mol. The molecule has 3 aromatic rings. The summed E-state index contributed by atoms with van der Waals surface area (Å²) in [6.45, 7) is 1.09. The maximum Gasteiger partial charge on any atom is 0.250 e. The molecular weight excluding hydrogens is 420 g/mol. The summed E-state index contributed by atoms with van der Waals surface area (Å²) in [5.74, 6) is -0.383. The number of rotatable bonds is 5. The molecule has 2 heterocycles. The van der Waals surface area contributed by atoms with E-state index in [1.54, 1.807) is 48.5 Å². The van der Waals surface area contributed by atoms with Crippen LogP contribution >= 0.6 is 11.3 Å². The maximum atomic E-state index is 12.7. The summed E-state index contributed by atoms with van der Waals surface area (Å²) < 4.78 is 27.7. The Kier molecular flexibility index (Phi) is 5.63. The first kappa shape index (κ1) is 20.2. The van der Waals surface area contributed by atoms with Gasteiger partial charge in [0.2, 0.25) is 15.9 Å². The van der Waals surface area contributed by atoms with Crippen LogP contribution in [0.25, 0.3) is 16.3 Å². The Morgan fingerprint density at radius 2 is 1.97 bits per heavy atom. The zero-order chi connectivity index (χ0) is 21.1. The molecule has 4 rings (SSSR count). The summed E-state index contributed by atoms with van der Waals surface area (Å²) in [7, 11) is -3.50. The SMILES string of the molecule is N#Cc1ccccc1/C=C/C(=O)Nc1nc2ccc(S(=O)(=O)N3CCCC3)cc2s1. The van der Waals surface area contributed by atoms with E-state index in [0.29, 0.717) is 39.6 Å². The van der Waals surface area contributed by atoms with Crippen molar-refractivity contribution in [3.8, 4) is 6.07 Å². The second-order valence-electron chi connectivity index (χ2n) is 6.78. The highest BCUT2D eigenvalue weighted by molar-refractivity contribution is 7.89. The third-order valence-electron chi connectivity index (χ3n) is 4.79. The number of amides is 1. The van der Waals surface area contributed by atoms with Gasteiger partial charge in [-0.25, -0.2) is 13.4 Å². The highest BCUT2D eigenvalue weighted by Crippen LogP contribution is 2.30. The minimum absolute atomic E-state index is 0.242. The zero-order valence-corrected chi connectivity index (χ0v) is 17.5. The second kappa shape index (κ2) is 8.36. The van der Waals surface area contributed by atoms with Crippen molar-refractivity contribution in [3.05, 3.63) is 59.7 Å². The molecule has 2 aromatic carbocycles. The zero-order valence-electron chi connectivity index (χ0n) is 15.9.